The lowest BCUT2D eigenvalue weighted by atomic mass is 10.0. The first-order chi connectivity index (χ1) is 20.4. The summed E-state index contributed by atoms with van der Waals surface area (Å²) >= 11 is 0. The van der Waals surface area contributed by atoms with Crippen LogP contribution in [0.4, 0.5) is 4.39 Å². The zero-order valence-electron chi connectivity index (χ0n) is 24.1. The molecule has 1 amide bonds. The average Bonchev–Trinajstić information content (AvgIpc) is 3.00. The predicted octanol–water partition coefficient (Wildman–Crippen LogP) is 6.67. The van der Waals surface area contributed by atoms with Gasteiger partial charge in [-0.15, -0.1) is 0 Å². The molecule has 0 bridgehead atoms. The number of halogens is 1. The van der Waals surface area contributed by atoms with E-state index in [1.807, 2.05) is 75.4 Å². The van der Waals surface area contributed by atoms with E-state index < -0.39 is 11.9 Å². The third kappa shape index (κ3) is 6.16. The number of fused-ring (bicyclic) bond motifs is 1. The Morgan fingerprint density at radius 2 is 1.62 bits per heavy atom. The Morgan fingerprint density at radius 1 is 0.929 bits per heavy atom. The van der Waals surface area contributed by atoms with Crippen molar-refractivity contribution in [2.24, 2.45) is 0 Å². The van der Waals surface area contributed by atoms with Crippen molar-refractivity contribution in [2.75, 3.05) is 19.8 Å². The van der Waals surface area contributed by atoms with E-state index in [1.165, 1.54) is 16.7 Å². The van der Waals surface area contributed by atoms with Gasteiger partial charge in [0.2, 0.25) is 5.91 Å². The van der Waals surface area contributed by atoms with E-state index in [2.05, 4.69) is 12.1 Å². The van der Waals surface area contributed by atoms with Gasteiger partial charge in [0.25, 0.3) is 5.56 Å². The Labute approximate surface area is 245 Å². The van der Waals surface area contributed by atoms with Crippen molar-refractivity contribution < 1.29 is 13.9 Å². The smallest absolute Gasteiger partial charge is 0.266 e. The standard InChI is InChI=1S/C35H34FN3O3/c1-4-42-22-21-38(32(40)23-26-13-15-28(16-14-26)27-10-6-5-7-11-27)25(3)34-37-31-12-8-9-24(2)33(31)35(41)39(34)30-19-17-29(36)18-20-30/h5-20,25H,4,21-23H2,1-3H3. The highest BCUT2D eigenvalue weighted by atomic mass is 19.1. The van der Waals surface area contributed by atoms with E-state index in [4.69, 9.17) is 9.72 Å². The molecule has 0 spiro atoms. The fraction of sp³-hybridized carbons (Fsp3) is 0.229. The van der Waals surface area contributed by atoms with Gasteiger partial charge in [-0.25, -0.2) is 9.37 Å². The van der Waals surface area contributed by atoms with Crippen LogP contribution in [-0.2, 0) is 16.0 Å². The number of aromatic nitrogens is 2. The van der Waals surface area contributed by atoms with Gasteiger partial charge in [-0.1, -0.05) is 66.7 Å². The summed E-state index contributed by atoms with van der Waals surface area (Å²) in [5.41, 5.74) is 4.63. The average molecular weight is 564 g/mol. The second-order valence-electron chi connectivity index (χ2n) is 10.3. The molecule has 0 aliphatic heterocycles. The van der Waals surface area contributed by atoms with Crippen molar-refractivity contribution in [3.05, 3.63) is 130 Å². The van der Waals surface area contributed by atoms with Crippen LogP contribution >= 0.6 is 0 Å². The first-order valence-corrected chi connectivity index (χ1v) is 14.2. The molecule has 1 atom stereocenters. The molecular weight excluding hydrogens is 529 g/mol. The number of carbonyl (C=O) groups excluding carboxylic acids is 1. The van der Waals surface area contributed by atoms with E-state index in [0.29, 0.717) is 42.2 Å². The number of rotatable bonds is 10. The summed E-state index contributed by atoms with van der Waals surface area (Å²) in [5.74, 6) is -0.119. The van der Waals surface area contributed by atoms with Crippen LogP contribution in [0, 0.1) is 12.7 Å². The molecule has 42 heavy (non-hydrogen) atoms. The van der Waals surface area contributed by atoms with Gasteiger partial charge in [0.15, 0.2) is 0 Å². The number of ether oxygens (including phenoxy) is 1. The van der Waals surface area contributed by atoms with E-state index >= 15 is 0 Å². The van der Waals surface area contributed by atoms with Crippen LogP contribution in [0.15, 0.2) is 102 Å². The Balaban J connectivity index is 1.53. The predicted molar refractivity (Wildman–Crippen MR) is 164 cm³/mol. The highest BCUT2D eigenvalue weighted by molar-refractivity contribution is 5.82. The van der Waals surface area contributed by atoms with E-state index in [0.717, 1.165) is 22.3 Å². The molecule has 1 aromatic heterocycles. The molecule has 0 fully saturated rings. The maximum Gasteiger partial charge on any atom is 0.266 e. The number of benzene rings is 4. The number of amides is 1. The Kier molecular flexibility index (Phi) is 8.88. The maximum absolute atomic E-state index is 14.0. The second kappa shape index (κ2) is 12.9. The zero-order valence-corrected chi connectivity index (χ0v) is 24.1. The molecule has 0 aliphatic rings. The SMILES string of the molecule is CCOCCN(C(=O)Cc1ccc(-c2ccccc2)cc1)C(C)c1nc2cccc(C)c2c(=O)n1-c1ccc(F)cc1. The monoisotopic (exact) mass is 563 g/mol. The third-order valence-electron chi connectivity index (χ3n) is 7.48. The molecule has 1 heterocycles. The first-order valence-electron chi connectivity index (χ1n) is 14.2. The van der Waals surface area contributed by atoms with E-state index in [9.17, 15) is 14.0 Å². The second-order valence-corrected chi connectivity index (χ2v) is 10.3. The number of carbonyl (C=O) groups is 1. The molecule has 5 rings (SSSR count). The van der Waals surface area contributed by atoms with Gasteiger partial charge in [0.05, 0.1) is 35.7 Å². The van der Waals surface area contributed by atoms with Crippen molar-refractivity contribution in [2.45, 2.75) is 33.2 Å². The molecule has 0 radical (unpaired) electrons. The number of hydrogen-bond donors (Lipinski definition) is 0. The van der Waals surface area contributed by atoms with Crippen LogP contribution in [-0.4, -0.2) is 40.1 Å². The summed E-state index contributed by atoms with van der Waals surface area (Å²) in [5, 5.41) is 0.489. The topological polar surface area (TPSA) is 64.4 Å². The molecule has 6 nitrogen and oxygen atoms in total. The molecule has 0 saturated carbocycles. The van der Waals surface area contributed by atoms with Crippen molar-refractivity contribution in [1.82, 2.24) is 14.5 Å². The minimum atomic E-state index is -0.579. The van der Waals surface area contributed by atoms with Crippen LogP contribution in [0.25, 0.3) is 27.7 Å². The molecule has 7 heteroatoms. The van der Waals surface area contributed by atoms with Gasteiger partial charge in [-0.05, 0) is 73.4 Å². The van der Waals surface area contributed by atoms with E-state index in [-0.39, 0.29) is 17.9 Å². The van der Waals surface area contributed by atoms with Gasteiger partial charge >= 0.3 is 0 Å². The van der Waals surface area contributed by atoms with Crippen molar-refractivity contribution in [3.63, 3.8) is 0 Å². The highest BCUT2D eigenvalue weighted by Crippen LogP contribution is 2.25. The zero-order chi connectivity index (χ0) is 29.6. The summed E-state index contributed by atoms with van der Waals surface area (Å²) in [7, 11) is 0. The summed E-state index contributed by atoms with van der Waals surface area (Å²) in [4.78, 5) is 34.5. The Bertz CT molecular complexity index is 1730. The molecule has 4 aromatic carbocycles. The quantitative estimate of drug-likeness (QED) is 0.178. The molecule has 214 valence electrons. The van der Waals surface area contributed by atoms with Crippen molar-refractivity contribution in [3.8, 4) is 16.8 Å². The first kappa shape index (κ1) is 28.9. The number of aryl methyl sites for hydroxylation is 1. The van der Waals surface area contributed by atoms with Crippen molar-refractivity contribution >= 4 is 16.8 Å². The third-order valence-corrected chi connectivity index (χ3v) is 7.48. The molecule has 0 aliphatic carbocycles. The van der Waals surface area contributed by atoms with Gasteiger partial charge in [0, 0.05) is 13.2 Å². The van der Waals surface area contributed by atoms with Crippen molar-refractivity contribution in [1.29, 1.82) is 0 Å². The van der Waals surface area contributed by atoms with Crippen LogP contribution in [0.3, 0.4) is 0 Å². The van der Waals surface area contributed by atoms with Gasteiger partial charge < -0.3 is 9.64 Å². The van der Waals surface area contributed by atoms with Gasteiger partial charge in [0.1, 0.15) is 11.6 Å². The lowest BCUT2D eigenvalue weighted by Gasteiger charge is -2.31. The summed E-state index contributed by atoms with van der Waals surface area (Å²) in [6.45, 7) is 6.82. The van der Waals surface area contributed by atoms with Crippen LogP contribution in [0.1, 0.15) is 36.8 Å². The number of nitrogens with zero attached hydrogens (tertiary/aromatic N) is 3. The van der Waals surface area contributed by atoms with Gasteiger partial charge in [-0.2, -0.15) is 0 Å². The lowest BCUT2D eigenvalue weighted by Crippen LogP contribution is -2.40. The summed E-state index contributed by atoms with van der Waals surface area (Å²) in [6, 6.07) is 28.7. The molecule has 0 saturated heterocycles. The van der Waals surface area contributed by atoms with Crippen LogP contribution in [0.5, 0.6) is 0 Å². The fourth-order valence-electron chi connectivity index (χ4n) is 5.24. The molecule has 0 N–H and O–H groups in total. The van der Waals surface area contributed by atoms with E-state index in [1.54, 1.807) is 23.1 Å². The molecular formula is C35H34FN3O3. The fourth-order valence-corrected chi connectivity index (χ4v) is 5.24. The maximum atomic E-state index is 14.0. The Hall–Kier alpha value is -4.62. The van der Waals surface area contributed by atoms with Gasteiger partial charge in [-0.3, -0.25) is 14.2 Å². The summed E-state index contributed by atoms with van der Waals surface area (Å²) in [6.07, 6.45) is 0.180. The minimum absolute atomic E-state index is 0.112. The number of hydrogen-bond acceptors (Lipinski definition) is 4. The molecule has 1 unspecified atom stereocenters. The summed E-state index contributed by atoms with van der Waals surface area (Å²) < 4.78 is 21.0. The van der Waals surface area contributed by atoms with Crippen LogP contribution in [0.2, 0.25) is 0 Å². The minimum Gasteiger partial charge on any atom is -0.380 e. The Morgan fingerprint density at radius 3 is 2.31 bits per heavy atom. The lowest BCUT2D eigenvalue weighted by molar-refractivity contribution is -0.133. The van der Waals surface area contributed by atoms with Crippen LogP contribution < -0.4 is 5.56 Å². The molecule has 5 aromatic rings. The highest BCUT2D eigenvalue weighted by Gasteiger charge is 2.27. The normalized spacial score (nSPS) is 11.9. The largest absolute Gasteiger partial charge is 0.380 e.